The number of halogens is 2. The number of nitrogens with one attached hydrogen (secondary N) is 2. The Bertz CT molecular complexity index is 1060. The number of aryl methyl sites for hydroxylation is 1. The number of benzene rings is 2. The van der Waals surface area contributed by atoms with Gasteiger partial charge in [-0.3, -0.25) is 9.59 Å². The van der Waals surface area contributed by atoms with Crippen LogP contribution in [0, 0.1) is 12.7 Å². The van der Waals surface area contributed by atoms with E-state index in [1.807, 2.05) is 0 Å². The van der Waals surface area contributed by atoms with Gasteiger partial charge in [0.1, 0.15) is 0 Å². The summed E-state index contributed by atoms with van der Waals surface area (Å²) in [5.41, 5.74) is 6.92. The maximum Gasteiger partial charge on any atom is 0.258 e. The summed E-state index contributed by atoms with van der Waals surface area (Å²) in [6, 6.07) is 8.91. The van der Waals surface area contributed by atoms with E-state index < -0.39 is 17.6 Å². The van der Waals surface area contributed by atoms with Crippen molar-refractivity contribution < 1.29 is 14.0 Å². The molecule has 7 nitrogen and oxygen atoms in total. The maximum absolute atomic E-state index is 14.0. The summed E-state index contributed by atoms with van der Waals surface area (Å²) in [4.78, 5) is 32.5. The largest absolute Gasteiger partial charge is 0.368 e. The topological polar surface area (TPSA) is 110 Å². The summed E-state index contributed by atoms with van der Waals surface area (Å²) in [5.74, 6) is -1.82. The monoisotopic (exact) mass is 399 g/mol. The van der Waals surface area contributed by atoms with Crippen molar-refractivity contribution in [1.29, 1.82) is 0 Å². The molecule has 0 aliphatic rings. The number of aromatic nitrogens is 2. The van der Waals surface area contributed by atoms with Crippen LogP contribution in [0.2, 0.25) is 5.02 Å². The highest BCUT2D eigenvalue weighted by Crippen LogP contribution is 2.21. The number of anilines is 3. The molecule has 0 bridgehead atoms. The average molecular weight is 400 g/mol. The van der Waals surface area contributed by atoms with Crippen LogP contribution in [0.25, 0.3) is 0 Å². The molecule has 2 aromatic carbocycles. The maximum atomic E-state index is 14.0. The molecule has 0 aliphatic heterocycles. The highest BCUT2D eigenvalue weighted by Gasteiger charge is 2.16. The lowest BCUT2D eigenvalue weighted by atomic mass is 10.1. The predicted octanol–water partition coefficient (Wildman–Crippen LogP) is 3.66. The molecule has 4 N–H and O–H groups in total. The lowest BCUT2D eigenvalue weighted by molar-refractivity contribution is 0.101. The van der Waals surface area contributed by atoms with E-state index in [4.69, 9.17) is 17.3 Å². The van der Waals surface area contributed by atoms with Crippen LogP contribution < -0.4 is 16.4 Å². The van der Waals surface area contributed by atoms with E-state index in [1.54, 1.807) is 19.1 Å². The van der Waals surface area contributed by atoms with Crippen LogP contribution in [0.5, 0.6) is 0 Å². The fourth-order valence-corrected chi connectivity index (χ4v) is 2.60. The summed E-state index contributed by atoms with van der Waals surface area (Å²) in [5, 5.41) is 5.06. The van der Waals surface area contributed by atoms with E-state index in [0.717, 1.165) is 0 Å². The molecular formula is C19H15ClFN5O2. The normalized spacial score (nSPS) is 10.4. The fraction of sp³-hybridized carbons (Fsp3) is 0.0526. The summed E-state index contributed by atoms with van der Waals surface area (Å²) < 4.78 is 14.0. The van der Waals surface area contributed by atoms with Crippen molar-refractivity contribution >= 4 is 40.7 Å². The molecule has 0 radical (unpaired) electrons. The van der Waals surface area contributed by atoms with Gasteiger partial charge in [0, 0.05) is 11.3 Å². The molecule has 1 heterocycles. The molecule has 0 aliphatic carbocycles. The number of hydrogen-bond acceptors (Lipinski definition) is 5. The number of nitrogens with two attached hydrogens (primary N) is 1. The van der Waals surface area contributed by atoms with Gasteiger partial charge in [0.25, 0.3) is 11.8 Å². The molecule has 1 aromatic heterocycles. The molecule has 0 saturated carbocycles. The molecule has 3 rings (SSSR count). The molecule has 3 aromatic rings. The van der Waals surface area contributed by atoms with E-state index in [0.29, 0.717) is 22.5 Å². The standard InChI is InChI=1S/C19H15ClFN5O2/c1-10-5-6-11(25-17(27)13-3-2-4-15(20)16(13)21)7-14(10)18(28)26-12-8-23-19(22)24-9-12/h2-9H,1H3,(H,25,27)(H,26,28)(H2,22,23,24). The third kappa shape index (κ3) is 4.24. The summed E-state index contributed by atoms with van der Waals surface area (Å²) in [6.45, 7) is 1.75. The third-order valence-corrected chi connectivity index (χ3v) is 4.16. The van der Waals surface area contributed by atoms with E-state index in [1.165, 1.54) is 36.7 Å². The van der Waals surface area contributed by atoms with Gasteiger partial charge < -0.3 is 16.4 Å². The number of hydrogen-bond donors (Lipinski definition) is 3. The summed E-state index contributed by atoms with van der Waals surface area (Å²) in [6.07, 6.45) is 2.76. The van der Waals surface area contributed by atoms with Gasteiger partial charge in [0.2, 0.25) is 5.95 Å². The Morgan fingerprint density at radius 3 is 2.36 bits per heavy atom. The van der Waals surface area contributed by atoms with Crippen LogP contribution in [0.4, 0.5) is 21.7 Å². The molecule has 0 fully saturated rings. The molecule has 28 heavy (non-hydrogen) atoms. The first-order valence-corrected chi connectivity index (χ1v) is 8.48. The number of carbonyl (C=O) groups is 2. The van der Waals surface area contributed by atoms with Crippen molar-refractivity contribution in [3.8, 4) is 0 Å². The lowest BCUT2D eigenvalue weighted by Gasteiger charge is -2.11. The predicted molar refractivity (Wildman–Crippen MR) is 105 cm³/mol. The first-order valence-electron chi connectivity index (χ1n) is 8.10. The average Bonchev–Trinajstić information content (AvgIpc) is 2.67. The van der Waals surface area contributed by atoms with Gasteiger partial charge in [0.05, 0.1) is 28.7 Å². The first-order chi connectivity index (χ1) is 13.3. The number of rotatable bonds is 4. The minimum Gasteiger partial charge on any atom is -0.368 e. The van der Waals surface area contributed by atoms with Crippen molar-refractivity contribution in [2.45, 2.75) is 6.92 Å². The van der Waals surface area contributed by atoms with Gasteiger partial charge in [-0.25, -0.2) is 14.4 Å². The van der Waals surface area contributed by atoms with E-state index in [9.17, 15) is 14.0 Å². The Morgan fingerprint density at radius 2 is 1.64 bits per heavy atom. The zero-order valence-electron chi connectivity index (χ0n) is 14.7. The molecule has 0 saturated heterocycles. The van der Waals surface area contributed by atoms with E-state index in [-0.39, 0.29) is 16.5 Å². The second kappa shape index (κ2) is 8.01. The van der Waals surface area contributed by atoms with Crippen LogP contribution in [-0.4, -0.2) is 21.8 Å². The Morgan fingerprint density at radius 1 is 1.00 bits per heavy atom. The summed E-state index contributed by atoms with van der Waals surface area (Å²) in [7, 11) is 0. The van der Waals surface area contributed by atoms with Crippen molar-refractivity contribution in [3.05, 3.63) is 76.3 Å². The zero-order chi connectivity index (χ0) is 20.3. The lowest BCUT2D eigenvalue weighted by Crippen LogP contribution is -2.17. The zero-order valence-corrected chi connectivity index (χ0v) is 15.4. The Labute approximate surface area is 164 Å². The molecular weight excluding hydrogens is 385 g/mol. The van der Waals surface area contributed by atoms with Gasteiger partial charge in [-0.05, 0) is 36.8 Å². The van der Waals surface area contributed by atoms with Crippen LogP contribution in [0.3, 0.4) is 0 Å². The molecule has 0 atom stereocenters. The van der Waals surface area contributed by atoms with Crippen molar-refractivity contribution in [2.24, 2.45) is 0 Å². The smallest absolute Gasteiger partial charge is 0.258 e. The van der Waals surface area contributed by atoms with Crippen molar-refractivity contribution in [3.63, 3.8) is 0 Å². The number of carbonyl (C=O) groups excluding carboxylic acids is 2. The Balaban J connectivity index is 1.81. The van der Waals surface area contributed by atoms with E-state index >= 15 is 0 Å². The van der Waals surface area contributed by atoms with E-state index in [2.05, 4.69) is 20.6 Å². The Kier molecular flexibility index (Phi) is 5.51. The van der Waals surface area contributed by atoms with Gasteiger partial charge >= 0.3 is 0 Å². The van der Waals surface area contributed by atoms with Gasteiger partial charge in [-0.15, -0.1) is 0 Å². The fourth-order valence-electron chi connectivity index (χ4n) is 2.42. The van der Waals surface area contributed by atoms with Gasteiger partial charge in [-0.2, -0.15) is 0 Å². The number of nitrogens with zero attached hydrogens (tertiary/aromatic N) is 2. The first kappa shape index (κ1) is 19.2. The quantitative estimate of drug-likeness (QED) is 0.620. The Hall–Kier alpha value is -3.52. The third-order valence-electron chi connectivity index (χ3n) is 3.87. The molecule has 2 amide bonds. The van der Waals surface area contributed by atoms with Crippen molar-refractivity contribution in [1.82, 2.24) is 9.97 Å². The molecule has 9 heteroatoms. The highest BCUT2D eigenvalue weighted by atomic mass is 35.5. The SMILES string of the molecule is Cc1ccc(NC(=O)c2cccc(Cl)c2F)cc1C(=O)Nc1cnc(N)nc1. The van der Waals surface area contributed by atoms with Crippen LogP contribution >= 0.6 is 11.6 Å². The number of nitrogen functional groups attached to an aromatic ring is 1. The minimum atomic E-state index is -0.810. The summed E-state index contributed by atoms with van der Waals surface area (Å²) >= 11 is 5.71. The second-order valence-corrected chi connectivity index (χ2v) is 6.28. The van der Waals surface area contributed by atoms with Crippen molar-refractivity contribution in [2.75, 3.05) is 16.4 Å². The van der Waals surface area contributed by atoms with Crippen LogP contribution in [-0.2, 0) is 0 Å². The molecule has 0 spiro atoms. The minimum absolute atomic E-state index is 0.0899. The molecule has 142 valence electrons. The van der Waals surface area contributed by atoms with Crippen LogP contribution in [0.1, 0.15) is 26.3 Å². The van der Waals surface area contributed by atoms with Gasteiger partial charge in [0.15, 0.2) is 5.82 Å². The molecule has 0 unspecified atom stereocenters. The van der Waals surface area contributed by atoms with Crippen LogP contribution in [0.15, 0.2) is 48.8 Å². The van der Waals surface area contributed by atoms with Gasteiger partial charge in [-0.1, -0.05) is 23.7 Å². The number of amides is 2. The second-order valence-electron chi connectivity index (χ2n) is 5.87. The highest BCUT2D eigenvalue weighted by molar-refractivity contribution is 6.31.